The third kappa shape index (κ3) is 4.35. The summed E-state index contributed by atoms with van der Waals surface area (Å²) in [7, 11) is 1.60. The molecule has 1 amide bonds. The highest BCUT2D eigenvalue weighted by molar-refractivity contribution is 5.96. The zero-order valence-electron chi connectivity index (χ0n) is 12.1. The van der Waals surface area contributed by atoms with E-state index in [0.29, 0.717) is 18.6 Å². The fourth-order valence-corrected chi connectivity index (χ4v) is 1.83. The number of amides is 1. The number of benzene rings is 1. The van der Waals surface area contributed by atoms with Gasteiger partial charge in [-0.2, -0.15) is 0 Å². The van der Waals surface area contributed by atoms with Crippen molar-refractivity contribution in [3.05, 3.63) is 35.4 Å². The molecule has 1 aromatic carbocycles. The SMILES string of the molecule is CC[C@H](C)[C@H](NC(=O)c1ccc(COC)cc1)C(=O)O. The molecule has 0 aliphatic rings. The second kappa shape index (κ2) is 7.65. The van der Waals surface area contributed by atoms with Crippen molar-refractivity contribution < 1.29 is 19.4 Å². The van der Waals surface area contributed by atoms with Crippen molar-refractivity contribution in [2.45, 2.75) is 32.9 Å². The van der Waals surface area contributed by atoms with Crippen molar-refractivity contribution in [2.75, 3.05) is 7.11 Å². The minimum atomic E-state index is -1.01. The number of hydrogen-bond acceptors (Lipinski definition) is 3. The minimum absolute atomic E-state index is 0.121. The first-order chi connectivity index (χ1) is 9.49. The maximum atomic E-state index is 12.0. The third-order valence-corrected chi connectivity index (χ3v) is 3.29. The Labute approximate surface area is 118 Å². The van der Waals surface area contributed by atoms with Gasteiger partial charge >= 0.3 is 5.97 Å². The van der Waals surface area contributed by atoms with E-state index in [1.54, 1.807) is 38.3 Å². The molecule has 0 unspecified atom stereocenters. The molecule has 0 saturated heterocycles. The van der Waals surface area contributed by atoms with E-state index in [4.69, 9.17) is 9.84 Å². The number of carboxylic acid groups (broad SMARTS) is 1. The van der Waals surface area contributed by atoms with E-state index in [1.165, 1.54) is 0 Å². The number of carbonyl (C=O) groups is 2. The highest BCUT2D eigenvalue weighted by atomic mass is 16.5. The lowest BCUT2D eigenvalue weighted by Gasteiger charge is -2.20. The quantitative estimate of drug-likeness (QED) is 0.801. The summed E-state index contributed by atoms with van der Waals surface area (Å²) >= 11 is 0. The van der Waals surface area contributed by atoms with Gasteiger partial charge in [0.1, 0.15) is 6.04 Å². The Morgan fingerprint density at radius 2 is 1.90 bits per heavy atom. The van der Waals surface area contributed by atoms with Gasteiger partial charge in [0.2, 0.25) is 0 Å². The first kappa shape index (κ1) is 16.2. The monoisotopic (exact) mass is 279 g/mol. The molecule has 1 aromatic rings. The Morgan fingerprint density at radius 1 is 1.30 bits per heavy atom. The number of nitrogens with one attached hydrogen (secondary N) is 1. The Bertz CT molecular complexity index is 455. The Hall–Kier alpha value is -1.88. The molecule has 0 aliphatic carbocycles. The van der Waals surface area contributed by atoms with Crippen molar-refractivity contribution in [2.24, 2.45) is 5.92 Å². The number of rotatable bonds is 7. The molecule has 0 heterocycles. The van der Waals surface area contributed by atoms with Crippen LogP contribution in [-0.4, -0.2) is 30.1 Å². The molecule has 0 radical (unpaired) electrons. The van der Waals surface area contributed by atoms with E-state index in [2.05, 4.69) is 5.32 Å². The smallest absolute Gasteiger partial charge is 0.326 e. The van der Waals surface area contributed by atoms with E-state index in [1.807, 2.05) is 6.92 Å². The first-order valence-electron chi connectivity index (χ1n) is 6.61. The van der Waals surface area contributed by atoms with Crippen LogP contribution in [0.25, 0.3) is 0 Å². The summed E-state index contributed by atoms with van der Waals surface area (Å²) in [6.07, 6.45) is 0.685. The second-order valence-corrected chi connectivity index (χ2v) is 4.80. The third-order valence-electron chi connectivity index (χ3n) is 3.29. The lowest BCUT2D eigenvalue weighted by Crippen LogP contribution is -2.45. The Kier molecular flexibility index (Phi) is 6.18. The number of aliphatic carboxylic acids is 1. The number of methoxy groups -OCH3 is 1. The van der Waals surface area contributed by atoms with Gasteiger partial charge in [0.25, 0.3) is 5.91 Å². The van der Waals surface area contributed by atoms with Crippen LogP contribution in [0, 0.1) is 5.92 Å². The van der Waals surface area contributed by atoms with E-state index in [9.17, 15) is 9.59 Å². The zero-order chi connectivity index (χ0) is 15.1. The number of carbonyl (C=O) groups excluding carboxylic acids is 1. The largest absolute Gasteiger partial charge is 0.480 e. The normalized spacial score (nSPS) is 13.6. The minimum Gasteiger partial charge on any atom is -0.480 e. The molecule has 5 nitrogen and oxygen atoms in total. The molecular weight excluding hydrogens is 258 g/mol. The zero-order valence-corrected chi connectivity index (χ0v) is 12.1. The van der Waals surface area contributed by atoms with Crippen LogP contribution in [-0.2, 0) is 16.1 Å². The summed E-state index contributed by atoms with van der Waals surface area (Å²) in [5.41, 5.74) is 1.40. The average Bonchev–Trinajstić information content (AvgIpc) is 2.44. The van der Waals surface area contributed by atoms with E-state index in [0.717, 1.165) is 5.56 Å². The fourth-order valence-electron chi connectivity index (χ4n) is 1.83. The van der Waals surface area contributed by atoms with E-state index < -0.39 is 12.0 Å². The van der Waals surface area contributed by atoms with Gasteiger partial charge in [0.15, 0.2) is 0 Å². The molecule has 0 fully saturated rings. The molecule has 110 valence electrons. The Morgan fingerprint density at radius 3 is 2.35 bits per heavy atom. The first-order valence-corrected chi connectivity index (χ1v) is 6.61. The van der Waals surface area contributed by atoms with Crippen LogP contribution in [0.4, 0.5) is 0 Å². The van der Waals surface area contributed by atoms with Crippen LogP contribution in [0.5, 0.6) is 0 Å². The summed E-state index contributed by atoms with van der Waals surface area (Å²) in [5, 5.41) is 11.7. The van der Waals surface area contributed by atoms with Gasteiger partial charge in [-0.3, -0.25) is 4.79 Å². The standard InChI is InChI=1S/C15H21NO4/c1-4-10(2)13(15(18)19)16-14(17)12-7-5-11(6-8-12)9-20-3/h5-8,10,13H,4,9H2,1-3H3,(H,16,17)(H,18,19)/t10-,13-/m0/s1. The van der Waals surface area contributed by atoms with Gasteiger partial charge in [0.05, 0.1) is 6.61 Å². The molecule has 2 atom stereocenters. The van der Waals surface area contributed by atoms with Gasteiger partial charge in [-0.1, -0.05) is 32.4 Å². The van der Waals surface area contributed by atoms with Gasteiger partial charge in [-0.05, 0) is 23.6 Å². The maximum absolute atomic E-state index is 12.0. The summed E-state index contributed by atoms with van der Waals surface area (Å²) in [4.78, 5) is 23.2. The second-order valence-electron chi connectivity index (χ2n) is 4.80. The molecular formula is C15H21NO4. The van der Waals surface area contributed by atoms with Crippen molar-refractivity contribution >= 4 is 11.9 Å². The highest BCUT2D eigenvalue weighted by Gasteiger charge is 2.25. The summed E-state index contributed by atoms with van der Waals surface area (Å²) < 4.78 is 4.99. The highest BCUT2D eigenvalue weighted by Crippen LogP contribution is 2.10. The Balaban J connectivity index is 2.76. The molecule has 1 rings (SSSR count). The molecule has 0 aromatic heterocycles. The molecule has 0 spiro atoms. The lowest BCUT2D eigenvalue weighted by atomic mass is 9.99. The predicted molar refractivity (Wildman–Crippen MR) is 75.5 cm³/mol. The van der Waals surface area contributed by atoms with Crippen LogP contribution >= 0.6 is 0 Å². The fraction of sp³-hybridized carbons (Fsp3) is 0.467. The van der Waals surface area contributed by atoms with Gasteiger partial charge in [-0.25, -0.2) is 4.79 Å². The number of hydrogen-bond donors (Lipinski definition) is 2. The number of ether oxygens (including phenoxy) is 1. The van der Waals surface area contributed by atoms with Gasteiger partial charge in [-0.15, -0.1) is 0 Å². The van der Waals surface area contributed by atoms with Crippen molar-refractivity contribution in [3.63, 3.8) is 0 Å². The van der Waals surface area contributed by atoms with Crippen molar-refractivity contribution in [3.8, 4) is 0 Å². The summed E-state index contributed by atoms with van der Waals surface area (Å²) in [5.74, 6) is -1.51. The van der Waals surface area contributed by atoms with Crippen molar-refractivity contribution in [1.29, 1.82) is 0 Å². The van der Waals surface area contributed by atoms with Crippen LogP contribution in [0.3, 0.4) is 0 Å². The average molecular weight is 279 g/mol. The molecule has 0 bridgehead atoms. The van der Waals surface area contributed by atoms with E-state index in [-0.39, 0.29) is 11.8 Å². The van der Waals surface area contributed by atoms with E-state index >= 15 is 0 Å². The van der Waals surface area contributed by atoms with Crippen LogP contribution in [0.2, 0.25) is 0 Å². The van der Waals surface area contributed by atoms with Gasteiger partial charge < -0.3 is 15.2 Å². The van der Waals surface area contributed by atoms with Crippen LogP contribution in [0.15, 0.2) is 24.3 Å². The number of carboxylic acids is 1. The molecule has 5 heteroatoms. The summed E-state index contributed by atoms with van der Waals surface area (Å²) in [6.45, 7) is 4.18. The molecule has 0 aliphatic heterocycles. The molecule has 2 N–H and O–H groups in total. The predicted octanol–water partition coefficient (Wildman–Crippen LogP) is 2.06. The molecule has 20 heavy (non-hydrogen) atoms. The lowest BCUT2D eigenvalue weighted by molar-refractivity contribution is -0.140. The van der Waals surface area contributed by atoms with Crippen LogP contribution < -0.4 is 5.32 Å². The van der Waals surface area contributed by atoms with Crippen molar-refractivity contribution in [1.82, 2.24) is 5.32 Å². The van der Waals surface area contributed by atoms with Crippen LogP contribution in [0.1, 0.15) is 36.2 Å². The topological polar surface area (TPSA) is 75.6 Å². The maximum Gasteiger partial charge on any atom is 0.326 e. The summed E-state index contributed by atoms with van der Waals surface area (Å²) in [6, 6.07) is 6.04. The molecule has 0 saturated carbocycles. The van der Waals surface area contributed by atoms with Gasteiger partial charge in [0, 0.05) is 12.7 Å².